The zero-order chi connectivity index (χ0) is 44.5. The third-order valence-corrected chi connectivity index (χ3v) is 10.7. The molecule has 9 heteroatoms. The number of nitroso groups, excluding NO2 is 1. The van der Waals surface area contributed by atoms with Gasteiger partial charge in [0.05, 0.1) is 0 Å². The number of phenolic OH excluding ortho intramolecular Hbond substituents is 2. The molecule has 0 saturated carbocycles. The Kier molecular flexibility index (Phi) is 12.0. The van der Waals surface area contributed by atoms with Crippen LogP contribution in [0, 0.1) is 4.91 Å². The van der Waals surface area contributed by atoms with Crippen LogP contribution in [0.2, 0.25) is 0 Å². The molecule has 0 spiro atoms. The Bertz CT molecular complexity index is 3320. The molecule has 9 aromatic carbocycles. The molecular weight excluding hydrogens is 809 g/mol. The first-order valence-corrected chi connectivity index (χ1v) is 20.8. The molecule has 2 N–H and O–H groups in total. The average Bonchev–Trinajstić information content (AvgIpc) is 3.36. The molecule has 2 aliphatic rings. The Morgan fingerprint density at radius 1 is 0.431 bits per heavy atom. The zero-order valence-corrected chi connectivity index (χ0v) is 34.8. The first kappa shape index (κ1) is 41.3. The lowest BCUT2D eigenvalue weighted by Gasteiger charge is -2.25. The number of hydrogen-bond acceptors (Lipinski definition) is 9. The minimum Gasteiger partial charge on any atom is -0.507 e. The summed E-state index contributed by atoms with van der Waals surface area (Å²) in [7, 11) is 0. The third kappa shape index (κ3) is 8.97. The van der Waals surface area contributed by atoms with Crippen molar-refractivity contribution in [2.45, 2.75) is 0 Å². The lowest BCUT2D eigenvalue weighted by molar-refractivity contribution is 0.477. The highest BCUT2D eigenvalue weighted by Gasteiger charge is 2.18. The van der Waals surface area contributed by atoms with Gasteiger partial charge >= 0.3 is 0 Å². The van der Waals surface area contributed by atoms with E-state index in [4.69, 9.17) is 9.40 Å². The number of rotatable bonds is 7. The predicted molar refractivity (Wildman–Crippen MR) is 263 cm³/mol. The van der Waals surface area contributed by atoms with E-state index in [1.54, 1.807) is 12.1 Å². The molecule has 1 aliphatic heterocycles. The fourth-order valence-corrected chi connectivity index (χ4v) is 7.69. The van der Waals surface area contributed by atoms with E-state index in [9.17, 15) is 19.9 Å². The molecule has 0 radical (unpaired) electrons. The number of benzene rings is 10. The number of fused-ring (bicyclic) bond motifs is 5. The van der Waals surface area contributed by atoms with Gasteiger partial charge in [-0.05, 0) is 89.4 Å². The highest BCUT2D eigenvalue weighted by Crippen LogP contribution is 2.40. The molecule has 0 aromatic heterocycles. The van der Waals surface area contributed by atoms with Crippen LogP contribution in [0.4, 0.5) is 39.8 Å². The number of phenols is 2. The number of para-hydroxylation sites is 4. The van der Waals surface area contributed by atoms with Gasteiger partial charge in [0.15, 0.2) is 16.8 Å². The summed E-state index contributed by atoms with van der Waals surface area (Å²) in [6.07, 6.45) is 0. The molecule has 0 atom stereocenters. The topological polar surface area (TPSA) is 119 Å². The minimum absolute atomic E-state index is 0.0322. The molecule has 0 amide bonds. The highest BCUT2D eigenvalue weighted by molar-refractivity contribution is 5.97. The summed E-state index contributed by atoms with van der Waals surface area (Å²) in [4.78, 5) is 32.2. The van der Waals surface area contributed by atoms with Crippen LogP contribution < -0.4 is 15.2 Å². The molecule has 0 saturated heterocycles. The molecule has 9 nitrogen and oxygen atoms in total. The highest BCUT2D eigenvalue weighted by atomic mass is 16.3. The van der Waals surface area contributed by atoms with Gasteiger partial charge < -0.3 is 24.4 Å². The molecule has 1 aliphatic carbocycles. The van der Waals surface area contributed by atoms with Crippen LogP contribution in [0.5, 0.6) is 11.5 Å². The van der Waals surface area contributed by atoms with Crippen molar-refractivity contribution in [2.75, 3.05) is 9.80 Å². The Hall–Kier alpha value is -9.08. The van der Waals surface area contributed by atoms with Crippen molar-refractivity contribution in [3.05, 3.63) is 246 Å². The standard InChI is InChI=1S/C28H18N2O2.C18H14N2O2.C10H8O/c31-25-18-27-28(23-14-8-7-13-22(23)25)29-24-16-15-21(17-26(24)32-27)30(19-9-3-1-4-10-19)20-11-5-2-6-12-20;21-18-13-16(11-12-17(18)19-22)20(14-7-3-1-4-8-14)15-9-5-2-6-10-15;11-10-7-3-5-8-4-1-2-6-9(8)10/h1-18H;1-13,21H;1-7,11H. The second kappa shape index (κ2) is 18.9. The van der Waals surface area contributed by atoms with Gasteiger partial charge in [-0.1, -0.05) is 133 Å². The molecule has 314 valence electrons. The number of hydrogen-bond donors (Lipinski definition) is 2. The Morgan fingerprint density at radius 3 is 1.45 bits per heavy atom. The summed E-state index contributed by atoms with van der Waals surface area (Å²) in [5, 5.41) is 25.5. The van der Waals surface area contributed by atoms with Crippen LogP contribution in [0.15, 0.2) is 245 Å². The van der Waals surface area contributed by atoms with Gasteiger partial charge in [-0.2, -0.15) is 0 Å². The number of anilines is 6. The number of nitrogens with zero attached hydrogens (tertiary/aromatic N) is 4. The van der Waals surface area contributed by atoms with Gasteiger partial charge in [-0.15, -0.1) is 4.91 Å². The van der Waals surface area contributed by atoms with Gasteiger partial charge in [0.25, 0.3) is 0 Å². The first-order valence-electron chi connectivity index (χ1n) is 20.8. The maximum Gasteiger partial charge on any atom is 0.190 e. The van der Waals surface area contributed by atoms with Gasteiger partial charge in [-0.3, -0.25) is 4.79 Å². The normalized spacial score (nSPS) is 10.7. The van der Waals surface area contributed by atoms with Gasteiger partial charge in [-0.25, -0.2) is 4.98 Å². The van der Waals surface area contributed by atoms with Crippen molar-refractivity contribution < 1.29 is 14.6 Å². The van der Waals surface area contributed by atoms with Crippen molar-refractivity contribution in [1.82, 2.24) is 4.98 Å². The smallest absolute Gasteiger partial charge is 0.190 e. The van der Waals surface area contributed by atoms with Crippen molar-refractivity contribution in [3.8, 4) is 23.0 Å². The summed E-state index contributed by atoms with van der Waals surface area (Å²) in [6, 6.07) is 73.1. The maximum absolute atomic E-state index is 12.6. The summed E-state index contributed by atoms with van der Waals surface area (Å²) in [6.45, 7) is 0. The molecule has 0 fully saturated rings. The van der Waals surface area contributed by atoms with Crippen LogP contribution >= 0.6 is 0 Å². The van der Waals surface area contributed by atoms with E-state index in [2.05, 4.69) is 34.3 Å². The van der Waals surface area contributed by atoms with E-state index < -0.39 is 0 Å². The van der Waals surface area contributed by atoms with Crippen LogP contribution in [0.3, 0.4) is 0 Å². The van der Waals surface area contributed by atoms with Crippen molar-refractivity contribution in [3.63, 3.8) is 0 Å². The van der Waals surface area contributed by atoms with Crippen LogP contribution in [-0.2, 0) is 0 Å². The SMILES string of the molecule is O=Nc1ccc(N(c2ccccc2)c2ccccc2)cc1O.O=c1cc2oc3cc(N(c4ccccc4)c4ccccc4)ccc3nc-2c2ccccc12.Oc1cccc2ccccc12. The number of aromatic hydroxyl groups is 2. The maximum atomic E-state index is 12.6. The largest absolute Gasteiger partial charge is 0.507 e. The zero-order valence-electron chi connectivity index (χ0n) is 34.8. The first-order chi connectivity index (χ1) is 31.9. The van der Waals surface area contributed by atoms with E-state index in [1.165, 1.54) is 18.2 Å². The Balaban J connectivity index is 0.000000139. The van der Waals surface area contributed by atoms with Gasteiger partial charge in [0.2, 0.25) is 0 Å². The van der Waals surface area contributed by atoms with E-state index in [0.29, 0.717) is 28.2 Å². The Labute approximate surface area is 374 Å². The Morgan fingerprint density at radius 2 is 0.908 bits per heavy atom. The molecule has 0 unspecified atom stereocenters. The summed E-state index contributed by atoms with van der Waals surface area (Å²) in [5.41, 5.74) is 7.73. The van der Waals surface area contributed by atoms with Crippen molar-refractivity contribution in [1.29, 1.82) is 0 Å². The third-order valence-electron chi connectivity index (χ3n) is 10.7. The molecule has 65 heavy (non-hydrogen) atoms. The molecular formula is C56H40N4O5. The second-order valence-electron chi connectivity index (χ2n) is 14.9. The predicted octanol–water partition coefficient (Wildman–Crippen LogP) is 14.7. The molecule has 9 aromatic rings. The number of aromatic nitrogens is 1. The van der Waals surface area contributed by atoms with E-state index in [1.807, 2.05) is 181 Å². The summed E-state index contributed by atoms with van der Waals surface area (Å²) < 4.78 is 6.21. The summed E-state index contributed by atoms with van der Waals surface area (Å²) >= 11 is 0. The second-order valence-corrected chi connectivity index (χ2v) is 14.9. The molecule has 0 bridgehead atoms. The lowest BCUT2D eigenvalue weighted by atomic mass is 10.0. The van der Waals surface area contributed by atoms with Crippen molar-refractivity contribution in [2.24, 2.45) is 5.18 Å². The van der Waals surface area contributed by atoms with E-state index >= 15 is 0 Å². The quantitative estimate of drug-likeness (QED) is 0.0924. The van der Waals surface area contributed by atoms with Gasteiger partial charge in [0, 0.05) is 68.5 Å². The van der Waals surface area contributed by atoms with Crippen LogP contribution in [-0.4, -0.2) is 15.2 Å². The fraction of sp³-hybridized carbons (Fsp3) is 0. The van der Waals surface area contributed by atoms with E-state index in [-0.39, 0.29) is 16.9 Å². The fourth-order valence-electron chi connectivity index (χ4n) is 7.69. The summed E-state index contributed by atoms with van der Waals surface area (Å²) in [5.74, 6) is 0.705. The minimum atomic E-state index is -0.135. The average molecular weight is 849 g/mol. The van der Waals surface area contributed by atoms with Gasteiger partial charge in [0.1, 0.15) is 28.4 Å². The van der Waals surface area contributed by atoms with Crippen LogP contribution in [0.1, 0.15) is 0 Å². The lowest BCUT2D eigenvalue weighted by Crippen LogP contribution is -2.09. The van der Waals surface area contributed by atoms with Crippen LogP contribution in [0.25, 0.3) is 44.1 Å². The molecule has 1 heterocycles. The molecule has 11 rings (SSSR count). The van der Waals surface area contributed by atoms with Crippen molar-refractivity contribution >= 4 is 72.5 Å². The monoisotopic (exact) mass is 848 g/mol. The van der Waals surface area contributed by atoms with E-state index in [0.717, 1.165) is 55.8 Å².